The van der Waals surface area contributed by atoms with E-state index in [1.54, 1.807) is 31.2 Å². The molecule has 0 aliphatic heterocycles. The standard InChI is InChI=1S/C13H21NO3Si/c1-10(15)9-14-13(16)11-5-7-12(8-6-11)17-18(2,3)4/h5-8,10,15H,9H2,1-4H3,(H,14,16)/t10-/m0/s1. The number of carbonyl (C=O) groups is 1. The summed E-state index contributed by atoms with van der Waals surface area (Å²) >= 11 is 0. The zero-order valence-electron chi connectivity index (χ0n) is 11.4. The minimum absolute atomic E-state index is 0.185. The van der Waals surface area contributed by atoms with E-state index < -0.39 is 14.4 Å². The van der Waals surface area contributed by atoms with Crippen LogP contribution in [-0.4, -0.2) is 32.0 Å². The number of hydrogen-bond acceptors (Lipinski definition) is 3. The van der Waals surface area contributed by atoms with Gasteiger partial charge in [0.05, 0.1) is 6.10 Å². The van der Waals surface area contributed by atoms with Crippen LogP contribution in [0.4, 0.5) is 0 Å². The second-order valence-electron chi connectivity index (χ2n) is 5.30. The molecule has 0 bridgehead atoms. The summed E-state index contributed by atoms with van der Waals surface area (Å²) in [5.41, 5.74) is 0.568. The summed E-state index contributed by atoms with van der Waals surface area (Å²) in [6.07, 6.45) is -0.538. The lowest BCUT2D eigenvalue weighted by Crippen LogP contribution is -2.31. The molecule has 18 heavy (non-hydrogen) atoms. The number of carbonyl (C=O) groups excluding carboxylic acids is 1. The topological polar surface area (TPSA) is 58.6 Å². The van der Waals surface area contributed by atoms with E-state index in [4.69, 9.17) is 9.53 Å². The summed E-state index contributed by atoms with van der Waals surface area (Å²) in [6, 6.07) is 7.06. The third-order valence-electron chi connectivity index (χ3n) is 2.10. The van der Waals surface area contributed by atoms with Gasteiger partial charge >= 0.3 is 0 Å². The summed E-state index contributed by atoms with van der Waals surface area (Å²) in [6.45, 7) is 8.21. The molecule has 0 saturated carbocycles. The molecular formula is C13H21NO3Si. The second kappa shape index (κ2) is 6.02. The molecule has 0 fully saturated rings. The van der Waals surface area contributed by atoms with Gasteiger partial charge < -0.3 is 14.8 Å². The molecule has 1 aromatic carbocycles. The van der Waals surface area contributed by atoms with Crippen molar-refractivity contribution in [1.82, 2.24) is 5.32 Å². The largest absolute Gasteiger partial charge is 0.544 e. The Labute approximate surface area is 109 Å². The molecule has 0 aliphatic rings. The molecule has 0 aromatic heterocycles. The van der Waals surface area contributed by atoms with Gasteiger partial charge in [-0.2, -0.15) is 0 Å². The molecule has 1 atom stereocenters. The Balaban J connectivity index is 2.62. The summed E-state index contributed by atoms with van der Waals surface area (Å²) < 4.78 is 5.80. The molecule has 0 spiro atoms. The van der Waals surface area contributed by atoms with Gasteiger partial charge in [0.25, 0.3) is 5.91 Å². The molecule has 1 amide bonds. The predicted octanol–water partition coefficient (Wildman–Crippen LogP) is 2.01. The molecule has 0 radical (unpaired) electrons. The Morgan fingerprint density at radius 1 is 1.33 bits per heavy atom. The van der Waals surface area contributed by atoms with Gasteiger partial charge in [0, 0.05) is 12.1 Å². The van der Waals surface area contributed by atoms with E-state index in [0.29, 0.717) is 5.56 Å². The van der Waals surface area contributed by atoms with Crippen molar-refractivity contribution in [3.8, 4) is 5.75 Å². The molecule has 0 aliphatic carbocycles. The van der Waals surface area contributed by atoms with Crippen molar-refractivity contribution in [2.75, 3.05) is 6.54 Å². The maximum atomic E-state index is 11.7. The van der Waals surface area contributed by atoms with E-state index in [9.17, 15) is 4.79 Å². The minimum atomic E-state index is -1.61. The van der Waals surface area contributed by atoms with Crippen molar-refractivity contribution >= 4 is 14.2 Å². The maximum Gasteiger partial charge on any atom is 0.251 e. The van der Waals surface area contributed by atoms with Gasteiger partial charge in [0.15, 0.2) is 0 Å². The van der Waals surface area contributed by atoms with Crippen LogP contribution in [0, 0.1) is 0 Å². The van der Waals surface area contributed by atoms with Crippen molar-refractivity contribution in [3.05, 3.63) is 29.8 Å². The van der Waals surface area contributed by atoms with Gasteiger partial charge in [-0.25, -0.2) is 0 Å². The number of aliphatic hydroxyl groups excluding tert-OH is 1. The number of rotatable bonds is 5. The van der Waals surface area contributed by atoms with Gasteiger partial charge in [-0.3, -0.25) is 4.79 Å². The quantitative estimate of drug-likeness (QED) is 0.802. The van der Waals surface area contributed by atoms with E-state index >= 15 is 0 Å². The predicted molar refractivity (Wildman–Crippen MR) is 74.4 cm³/mol. The summed E-state index contributed by atoms with van der Waals surface area (Å²) in [5, 5.41) is 11.7. The summed E-state index contributed by atoms with van der Waals surface area (Å²) in [7, 11) is -1.61. The van der Waals surface area contributed by atoms with Gasteiger partial charge in [-0.05, 0) is 50.8 Å². The van der Waals surface area contributed by atoms with E-state index in [2.05, 4.69) is 25.0 Å². The highest BCUT2D eigenvalue weighted by atomic mass is 28.4. The number of amides is 1. The van der Waals surface area contributed by atoms with Crippen LogP contribution in [0.15, 0.2) is 24.3 Å². The first-order chi connectivity index (χ1) is 8.28. The number of nitrogens with one attached hydrogen (secondary N) is 1. The van der Waals surface area contributed by atoms with E-state index in [-0.39, 0.29) is 12.5 Å². The summed E-state index contributed by atoms with van der Waals surface area (Å²) in [4.78, 5) is 11.7. The zero-order chi connectivity index (χ0) is 13.8. The molecule has 0 unspecified atom stereocenters. The third kappa shape index (κ3) is 5.33. The Kier molecular flexibility index (Phi) is 4.92. The van der Waals surface area contributed by atoms with Crippen molar-refractivity contribution in [2.24, 2.45) is 0 Å². The third-order valence-corrected chi connectivity index (χ3v) is 2.95. The fourth-order valence-corrected chi connectivity index (χ4v) is 2.21. The Morgan fingerprint density at radius 2 is 1.89 bits per heavy atom. The fraction of sp³-hybridized carbons (Fsp3) is 0.462. The van der Waals surface area contributed by atoms with Gasteiger partial charge in [-0.1, -0.05) is 0 Å². The lowest BCUT2D eigenvalue weighted by Gasteiger charge is -2.19. The second-order valence-corrected chi connectivity index (χ2v) is 9.73. The summed E-state index contributed by atoms with van der Waals surface area (Å²) in [5.74, 6) is 0.608. The molecule has 4 nitrogen and oxygen atoms in total. The Bertz CT molecular complexity index is 396. The first-order valence-corrected chi connectivity index (χ1v) is 9.44. The molecule has 0 heterocycles. The smallest absolute Gasteiger partial charge is 0.251 e. The molecule has 5 heteroatoms. The highest BCUT2D eigenvalue weighted by Crippen LogP contribution is 2.16. The first-order valence-electron chi connectivity index (χ1n) is 6.03. The average molecular weight is 267 g/mol. The van der Waals surface area contributed by atoms with Crippen LogP contribution in [0.25, 0.3) is 0 Å². The van der Waals surface area contributed by atoms with Crippen molar-refractivity contribution in [1.29, 1.82) is 0 Å². The monoisotopic (exact) mass is 267 g/mol. The molecule has 1 rings (SSSR count). The normalized spacial score (nSPS) is 12.9. The molecule has 100 valence electrons. The van der Waals surface area contributed by atoms with Crippen LogP contribution in [0.5, 0.6) is 5.75 Å². The minimum Gasteiger partial charge on any atom is -0.544 e. The fourth-order valence-electron chi connectivity index (χ4n) is 1.37. The van der Waals surface area contributed by atoms with Crippen LogP contribution in [0.2, 0.25) is 19.6 Å². The number of benzene rings is 1. The maximum absolute atomic E-state index is 11.7. The number of hydrogen-bond donors (Lipinski definition) is 2. The highest BCUT2D eigenvalue weighted by molar-refractivity contribution is 6.70. The van der Waals surface area contributed by atoms with Crippen molar-refractivity contribution in [3.63, 3.8) is 0 Å². The van der Waals surface area contributed by atoms with Gasteiger partial charge in [0.1, 0.15) is 5.75 Å². The highest BCUT2D eigenvalue weighted by Gasteiger charge is 2.16. The number of aliphatic hydroxyl groups is 1. The molecular weight excluding hydrogens is 246 g/mol. The van der Waals surface area contributed by atoms with Crippen LogP contribution >= 0.6 is 0 Å². The van der Waals surface area contributed by atoms with E-state index in [1.165, 1.54) is 0 Å². The van der Waals surface area contributed by atoms with E-state index in [0.717, 1.165) is 5.75 Å². The van der Waals surface area contributed by atoms with Crippen molar-refractivity contribution in [2.45, 2.75) is 32.7 Å². The van der Waals surface area contributed by atoms with Crippen molar-refractivity contribution < 1.29 is 14.3 Å². The van der Waals surface area contributed by atoms with E-state index in [1.807, 2.05) is 0 Å². The first kappa shape index (κ1) is 14.7. The zero-order valence-corrected chi connectivity index (χ0v) is 12.4. The van der Waals surface area contributed by atoms with Crippen LogP contribution < -0.4 is 9.74 Å². The molecule has 0 saturated heterocycles. The lowest BCUT2D eigenvalue weighted by atomic mass is 10.2. The Morgan fingerprint density at radius 3 is 2.33 bits per heavy atom. The molecule has 1 aromatic rings. The van der Waals surface area contributed by atoms with Crippen LogP contribution in [0.1, 0.15) is 17.3 Å². The average Bonchev–Trinajstić information content (AvgIpc) is 2.24. The Hall–Kier alpha value is -1.33. The van der Waals surface area contributed by atoms with Gasteiger partial charge in [-0.15, -0.1) is 0 Å². The van der Waals surface area contributed by atoms with Crippen LogP contribution in [0.3, 0.4) is 0 Å². The molecule has 2 N–H and O–H groups in total. The van der Waals surface area contributed by atoms with Crippen LogP contribution in [-0.2, 0) is 0 Å². The lowest BCUT2D eigenvalue weighted by molar-refractivity contribution is 0.0924. The van der Waals surface area contributed by atoms with Gasteiger partial charge in [0.2, 0.25) is 8.32 Å². The SMILES string of the molecule is C[C@H](O)CNC(=O)c1ccc(O[Si](C)(C)C)cc1.